The van der Waals surface area contributed by atoms with E-state index in [0.717, 1.165) is 0 Å². The molecule has 0 unspecified atom stereocenters. The molecule has 0 bridgehead atoms. The number of nitrogens with two attached hydrogens (primary N) is 1. The lowest BCUT2D eigenvalue weighted by atomic mass is 9.93. The molecule has 5 nitrogen and oxygen atoms in total. The Kier molecular flexibility index (Phi) is 5.70. The Bertz CT molecular complexity index is 570. The van der Waals surface area contributed by atoms with Crippen LogP contribution in [0.25, 0.3) is 0 Å². The molecule has 26 heavy (non-hydrogen) atoms. The highest BCUT2D eigenvalue weighted by molar-refractivity contribution is 5.86. The molecule has 0 saturated carbocycles. The van der Waals surface area contributed by atoms with Crippen molar-refractivity contribution in [1.82, 2.24) is 10.9 Å². The van der Waals surface area contributed by atoms with E-state index in [1.54, 1.807) is 0 Å². The summed E-state index contributed by atoms with van der Waals surface area (Å²) in [4.78, 5) is 20.7. The first-order chi connectivity index (χ1) is 11.1. The van der Waals surface area contributed by atoms with E-state index in [0.29, 0.717) is 5.43 Å². The molecule has 154 valence electrons. The average Bonchev–Trinajstić information content (AvgIpc) is 2.42. The van der Waals surface area contributed by atoms with Crippen LogP contribution in [-0.2, 0) is 4.79 Å². The van der Waals surface area contributed by atoms with Crippen LogP contribution in [0.4, 0.5) is 61.9 Å². The van der Waals surface area contributed by atoms with Gasteiger partial charge in [-0.3, -0.25) is 10.2 Å². The van der Waals surface area contributed by atoms with Crippen LogP contribution < -0.4 is 16.6 Å². The maximum absolute atomic E-state index is 13.1. The van der Waals surface area contributed by atoms with Crippen LogP contribution in [0.15, 0.2) is 0 Å². The molecule has 0 heterocycles. The quantitative estimate of drug-likeness (QED) is 0.471. The summed E-state index contributed by atoms with van der Waals surface area (Å²) in [6.07, 6.45) is -7.55. The molecule has 0 saturated heterocycles. The Morgan fingerprint density at radius 3 is 1.23 bits per heavy atom. The topological polar surface area (TPSA) is 84.2 Å². The van der Waals surface area contributed by atoms with Gasteiger partial charge in [0.1, 0.15) is 0 Å². The maximum Gasteiger partial charge on any atom is 0.460 e. The first-order valence-electron chi connectivity index (χ1n) is 5.40. The van der Waals surface area contributed by atoms with Gasteiger partial charge in [0.15, 0.2) is 0 Å². The van der Waals surface area contributed by atoms with Gasteiger partial charge in [0, 0.05) is 0 Å². The fraction of sp³-hybridized carbons (Fsp3) is 0.750. The number of alkyl halides is 13. The zero-order valence-corrected chi connectivity index (χ0v) is 11.3. The van der Waals surface area contributed by atoms with Crippen molar-refractivity contribution in [3.8, 4) is 0 Å². The van der Waals surface area contributed by atoms with Gasteiger partial charge in [-0.15, -0.1) is 0 Å². The van der Waals surface area contributed by atoms with Crippen LogP contribution in [0.2, 0.25) is 0 Å². The Morgan fingerprint density at radius 2 is 0.923 bits per heavy atom. The van der Waals surface area contributed by atoms with E-state index in [1.807, 2.05) is 0 Å². The third-order valence-electron chi connectivity index (χ3n) is 2.52. The van der Waals surface area contributed by atoms with Crippen molar-refractivity contribution in [1.29, 1.82) is 0 Å². The summed E-state index contributed by atoms with van der Waals surface area (Å²) in [7, 11) is 0. The molecule has 0 aliphatic heterocycles. The van der Waals surface area contributed by atoms with E-state index in [-0.39, 0.29) is 5.43 Å². The number of rotatable bonds is 5. The minimum absolute atomic E-state index is 0.240. The highest BCUT2D eigenvalue weighted by Gasteiger charge is 2.91. The van der Waals surface area contributed by atoms with Gasteiger partial charge in [-0.05, 0) is 0 Å². The highest BCUT2D eigenvalue weighted by Crippen LogP contribution is 2.60. The van der Waals surface area contributed by atoms with Crippen LogP contribution in [0.1, 0.15) is 0 Å². The number of carbonyl (C=O) groups is 2. The molecule has 0 aromatic rings. The molecule has 18 heteroatoms. The Labute approximate surface area is 132 Å². The van der Waals surface area contributed by atoms with Gasteiger partial charge in [-0.2, -0.15) is 57.1 Å². The average molecular weight is 421 g/mol. The number of carbonyl (C=O) groups excluding carboxylic acids is 2. The zero-order valence-electron chi connectivity index (χ0n) is 11.3. The first-order valence-corrected chi connectivity index (χ1v) is 5.40. The minimum Gasteiger partial charge on any atom is -0.350 e. The van der Waals surface area contributed by atoms with Gasteiger partial charge < -0.3 is 5.73 Å². The largest absolute Gasteiger partial charge is 0.460 e. The second-order valence-electron chi connectivity index (χ2n) is 4.31. The molecule has 0 aliphatic rings. The number of urea groups is 1. The van der Waals surface area contributed by atoms with Crippen molar-refractivity contribution in [2.75, 3.05) is 0 Å². The van der Waals surface area contributed by atoms with E-state index in [2.05, 4.69) is 5.73 Å². The lowest BCUT2D eigenvalue weighted by Gasteiger charge is -2.39. The third kappa shape index (κ3) is 3.27. The van der Waals surface area contributed by atoms with E-state index >= 15 is 0 Å². The lowest BCUT2D eigenvalue weighted by Crippen LogP contribution is -2.72. The molecular formula is C8H4F13N3O2. The molecule has 0 atom stereocenters. The molecule has 3 amide bonds. The number of amides is 3. The molecule has 0 aromatic heterocycles. The second-order valence-corrected chi connectivity index (χ2v) is 4.31. The predicted molar refractivity (Wildman–Crippen MR) is 51.7 cm³/mol. The monoisotopic (exact) mass is 421 g/mol. The number of hydrogen-bond donors (Lipinski definition) is 3. The van der Waals surface area contributed by atoms with Gasteiger partial charge >= 0.3 is 47.7 Å². The van der Waals surface area contributed by atoms with Gasteiger partial charge in [-0.25, -0.2) is 10.2 Å². The van der Waals surface area contributed by atoms with Crippen molar-refractivity contribution in [2.24, 2.45) is 5.73 Å². The van der Waals surface area contributed by atoms with Crippen molar-refractivity contribution in [3.63, 3.8) is 0 Å². The summed E-state index contributed by atoms with van der Waals surface area (Å²) in [6, 6.07) is -1.96. The molecule has 0 rings (SSSR count). The van der Waals surface area contributed by atoms with E-state index < -0.39 is 47.7 Å². The Hall–Kier alpha value is -2.17. The van der Waals surface area contributed by atoms with Gasteiger partial charge in [0.05, 0.1) is 0 Å². The van der Waals surface area contributed by atoms with Crippen LogP contribution in [0, 0.1) is 0 Å². The molecule has 0 aromatic carbocycles. The van der Waals surface area contributed by atoms with Gasteiger partial charge in [-0.1, -0.05) is 0 Å². The minimum atomic E-state index is -8.12. The number of hydrogen-bond acceptors (Lipinski definition) is 2. The molecule has 0 radical (unpaired) electrons. The van der Waals surface area contributed by atoms with Crippen molar-refractivity contribution >= 4 is 11.9 Å². The summed E-state index contributed by atoms with van der Waals surface area (Å²) in [5.74, 6) is -42.6. The summed E-state index contributed by atoms with van der Waals surface area (Å²) in [5, 5.41) is 0. The second kappa shape index (κ2) is 6.22. The van der Waals surface area contributed by atoms with E-state index in [1.165, 1.54) is 0 Å². The van der Waals surface area contributed by atoms with Crippen molar-refractivity contribution < 1.29 is 66.7 Å². The maximum atomic E-state index is 13.1. The SMILES string of the molecule is NC(=O)NNC(=O)C(F)(F)C(F)(F)C(F)(F)C(F)(F)C(F)(F)C(F)(F)F. The van der Waals surface area contributed by atoms with E-state index in [4.69, 9.17) is 0 Å². The Morgan fingerprint density at radius 1 is 0.577 bits per heavy atom. The van der Waals surface area contributed by atoms with Crippen LogP contribution in [0.3, 0.4) is 0 Å². The van der Waals surface area contributed by atoms with Crippen LogP contribution in [0.5, 0.6) is 0 Å². The summed E-state index contributed by atoms with van der Waals surface area (Å²) in [6.45, 7) is 0. The fourth-order valence-electron chi connectivity index (χ4n) is 1.11. The number of hydrazine groups is 1. The third-order valence-corrected chi connectivity index (χ3v) is 2.52. The molecule has 0 fully saturated rings. The Balaban J connectivity index is 6.16. The fourth-order valence-corrected chi connectivity index (χ4v) is 1.11. The smallest absolute Gasteiger partial charge is 0.350 e. The lowest BCUT2D eigenvalue weighted by molar-refractivity contribution is -0.436. The highest BCUT2D eigenvalue weighted by atomic mass is 19.4. The van der Waals surface area contributed by atoms with Crippen LogP contribution >= 0.6 is 0 Å². The molecule has 4 N–H and O–H groups in total. The number of primary amides is 1. The van der Waals surface area contributed by atoms with Gasteiger partial charge in [0.25, 0.3) is 0 Å². The van der Waals surface area contributed by atoms with Crippen LogP contribution in [-0.4, -0.2) is 47.7 Å². The van der Waals surface area contributed by atoms with Crippen molar-refractivity contribution in [3.05, 3.63) is 0 Å². The summed E-state index contributed by atoms with van der Waals surface area (Å²) in [5.41, 5.74) is 5.04. The van der Waals surface area contributed by atoms with Gasteiger partial charge in [0.2, 0.25) is 0 Å². The van der Waals surface area contributed by atoms with E-state index in [9.17, 15) is 66.7 Å². The first kappa shape index (κ1) is 23.8. The predicted octanol–water partition coefficient (Wildman–Crippen LogP) is 2.42. The molecule has 0 aliphatic carbocycles. The number of nitrogens with one attached hydrogen (secondary N) is 2. The zero-order chi connectivity index (χ0) is 21.6. The standard InChI is InChI=1S/C8H4F13N3O2/c9-3(10,1(25)23-24-2(22)26)4(11,12)5(13,14)6(15,16)7(17,18)8(19,20)21/h(H,23,25)(H3,22,24,26). The summed E-state index contributed by atoms with van der Waals surface area (Å²) < 4.78 is 164. The molecule has 0 spiro atoms. The molecular weight excluding hydrogens is 417 g/mol. The number of halogens is 13. The normalized spacial score (nSPS) is 14.8. The van der Waals surface area contributed by atoms with Crippen molar-refractivity contribution in [2.45, 2.75) is 35.8 Å². The summed E-state index contributed by atoms with van der Waals surface area (Å²) >= 11 is 0.